The highest BCUT2D eigenvalue weighted by Crippen LogP contribution is 2.10. The van der Waals surface area contributed by atoms with E-state index in [2.05, 4.69) is 12.2 Å². The lowest BCUT2D eigenvalue weighted by atomic mass is 9.96. The fraction of sp³-hybridized carbons (Fsp3) is 0.917. The van der Waals surface area contributed by atoms with E-state index in [1.807, 2.05) is 20.8 Å². The molecule has 0 aliphatic carbocycles. The van der Waals surface area contributed by atoms with Crippen LogP contribution in [0.4, 0.5) is 0 Å². The Kier molecular flexibility index (Phi) is 6.60. The highest BCUT2D eigenvalue weighted by Gasteiger charge is 2.23. The van der Waals surface area contributed by atoms with Gasteiger partial charge in [-0.3, -0.25) is 4.79 Å². The first-order chi connectivity index (χ1) is 7.28. The van der Waals surface area contributed by atoms with Gasteiger partial charge in [-0.05, 0) is 11.8 Å². The monoisotopic (exact) mass is 230 g/mol. The van der Waals surface area contributed by atoms with E-state index in [0.29, 0.717) is 13.0 Å². The minimum Gasteiger partial charge on any atom is -0.382 e. The van der Waals surface area contributed by atoms with Crippen LogP contribution in [0.5, 0.6) is 0 Å². The molecular formula is C12H26N2O2. The Morgan fingerprint density at radius 1 is 1.44 bits per heavy atom. The lowest BCUT2D eigenvalue weighted by Gasteiger charge is -2.22. The Labute approximate surface area is 98.6 Å². The Morgan fingerprint density at radius 3 is 2.44 bits per heavy atom. The van der Waals surface area contributed by atoms with Gasteiger partial charge in [0.05, 0.1) is 0 Å². The first-order valence-electron chi connectivity index (χ1n) is 5.99. The Balaban J connectivity index is 3.98. The topological polar surface area (TPSA) is 75.3 Å². The van der Waals surface area contributed by atoms with Crippen molar-refractivity contribution >= 4 is 5.91 Å². The smallest absolute Gasteiger partial charge is 0.250 e. The molecule has 1 unspecified atom stereocenters. The van der Waals surface area contributed by atoms with Crippen molar-refractivity contribution in [2.45, 2.75) is 59.1 Å². The van der Waals surface area contributed by atoms with Gasteiger partial charge >= 0.3 is 0 Å². The summed E-state index contributed by atoms with van der Waals surface area (Å²) >= 11 is 0. The molecule has 1 amide bonds. The first-order valence-corrected chi connectivity index (χ1v) is 5.99. The van der Waals surface area contributed by atoms with Crippen molar-refractivity contribution in [3.63, 3.8) is 0 Å². The minimum atomic E-state index is -1.09. The molecule has 0 aliphatic heterocycles. The number of nitrogens with two attached hydrogens (primary N) is 1. The van der Waals surface area contributed by atoms with Crippen LogP contribution in [0.1, 0.15) is 47.0 Å². The number of carbonyl (C=O) groups is 1. The molecule has 0 heterocycles. The molecule has 0 rings (SSSR count). The second kappa shape index (κ2) is 6.86. The van der Waals surface area contributed by atoms with Gasteiger partial charge in [0.25, 0.3) is 0 Å². The lowest BCUT2D eigenvalue weighted by Crippen LogP contribution is -2.48. The standard InChI is InChI=1S/C12H26N2O2/c1-5-6-7-9(13)10(15)11(16)14-8-12(2,3)4/h9-10,15H,5-8,13H2,1-4H3,(H,14,16)/t9-,10?/m0/s1. The molecule has 0 aromatic heterocycles. The summed E-state index contributed by atoms with van der Waals surface area (Å²) in [5.74, 6) is -0.362. The number of hydrogen-bond acceptors (Lipinski definition) is 3. The van der Waals surface area contributed by atoms with Crippen LogP contribution < -0.4 is 11.1 Å². The quantitative estimate of drug-likeness (QED) is 0.638. The molecule has 0 aromatic carbocycles. The Hall–Kier alpha value is -0.610. The van der Waals surface area contributed by atoms with Gasteiger partial charge in [-0.25, -0.2) is 0 Å². The number of amides is 1. The van der Waals surface area contributed by atoms with E-state index < -0.39 is 12.1 Å². The third kappa shape index (κ3) is 6.80. The zero-order valence-corrected chi connectivity index (χ0v) is 10.9. The van der Waals surface area contributed by atoms with Crippen molar-refractivity contribution in [3.05, 3.63) is 0 Å². The molecule has 2 atom stereocenters. The predicted molar refractivity (Wildman–Crippen MR) is 66.0 cm³/mol. The summed E-state index contributed by atoms with van der Waals surface area (Å²) in [4.78, 5) is 11.6. The molecule has 4 nitrogen and oxygen atoms in total. The highest BCUT2D eigenvalue weighted by molar-refractivity contribution is 5.81. The van der Waals surface area contributed by atoms with Crippen LogP contribution >= 0.6 is 0 Å². The molecule has 4 heteroatoms. The van der Waals surface area contributed by atoms with E-state index in [9.17, 15) is 9.90 Å². The number of unbranched alkanes of at least 4 members (excludes halogenated alkanes) is 1. The lowest BCUT2D eigenvalue weighted by molar-refractivity contribution is -0.130. The van der Waals surface area contributed by atoms with E-state index in [0.717, 1.165) is 12.8 Å². The molecule has 0 saturated heterocycles. The maximum absolute atomic E-state index is 11.6. The normalized spacial score (nSPS) is 15.6. The number of carbonyl (C=O) groups excluding carboxylic acids is 1. The van der Waals surface area contributed by atoms with Crippen LogP contribution in [-0.2, 0) is 4.79 Å². The SMILES string of the molecule is CCCC[C@H](N)C(O)C(=O)NCC(C)(C)C. The molecule has 0 aromatic rings. The number of rotatable bonds is 6. The van der Waals surface area contributed by atoms with Crippen molar-refractivity contribution in [2.75, 3.05) is 6.54 Å². The first kappa shape index (κ1) is 15.4. The zero-order chi connectivity index (χ0) is 12.8. The molecule has 0 radical (unpaired) electrons. The van der Waals surface area contributed by atoms with Crippen molar-refractivity contribution in [3.8, 4) is 0 Å². The van der Waals surface area contributed by atoms with Crippen LogP contribution in [0.2, 0.25) is 0 Å². The van der Waals surface area contributed by atoms with Crippen LogP contribution in [0.25, 0.3) is 0 Å². The van der Waals surface area contributed by atoms with Gasteiger partial charge in [-0.15, -0.1) is 0 Å². The average molecular weight is 230 g/mol. The molecule has 0 aliphatic rings. The molecule has 0 fully saturated rings. The highest BCUT2D eigenvalue weighted by atomic mass is 16.3. The van der Waals surface area contributed by atoms with Crippen molar-refractivity contribution in [1.29, 1.82) is 0 Å². The fourth-order valence-electron chi connectivity index (χ4n) is 1.25. The molecular weight excluding hydrogens is 204 g/mol. The van der Waals surface area contributed by atoms with Crippen molar-refractivity contribution in [1.82, 2.24) is 5.32 Å². The van der Waals surface area contributed by atoms with Gasteiger partial charge in [-0.1, -0.05) is 40.5 Å². The van der Waals surface area contributed by atoms with E-state index in [1.165, 1.54) is 0 Å². The number of hydrogen-bond donors (Lipinski definition) is 3. The van der Waals surface area contributed by atoms with Crippen LogP contribution in [0, 0.1) is 5.41 Å². The zero-order valence-electron chi connectivity index (χ0n) is 10.9. The number of aliphatic hydroxyl groups is 1. The van der Waals surface area contributed by atoms with Gasteiger partial charge in [-0.2, -0.15) is 0 Å². The Morgan fingerprint density at radius 2 is 2.00 bits per heavy atom. The Bertz CT molecular complexity index is 212. The van der Waals surface area contributed by atoms with Gasteiger partial charge in [0.15, 0.2) is 0 Å². The van der Waals surface area contributed by atoms with Crippen molar-refractivity contribution in [2.24, 2.45) is 11.1 Å². The van der Waals surface area contributed by atoms with E-state index in [1.54, 1.807) is 0 Å². The second-order valence-corrected chi connectivity index (χ2v) is 5.53. The molecule has 0 bridgehead atoms. The maximum Gasteiger partial charge on any atom is 0.250 e. The maximum atomic E-state index is 11.6. The van der Waals surface area contributed by atoms with Gasteiger partial charge in [0.1, 0.15) is 6.10 Å². The summed E-state index contributed by atoms with van der Waals surface area (Å²) in [6.45, 7) is 8.67. The molecule has 96 valence electrons. The predicted octanol–water partition coefficient (Wildman–Crippen LogP) is 1.03. The number of nitrogens with one attached hydrogen (secondary N) is 1. The molecule has 16 heavy (non-hydrogen) atoms. The van der Waals surface area contributed by atoms with Crippen LogP contribution in [0.3, 0.4) is 0 Å². The van der Waals surface area contributed by atoms with E-state index >= 15 is 0 Å². The van der Waals surface area contributed by atoms with Crippen molar-refractivity contribution < 1.29 is 9.90 Å². The molecule has 4 N–H and O–H groups in total. The van der Waals surface area contributed by atoms with Crippen LogP contribution in [0.15, 0.2) is 0 Å². The second-order valence-electron chi connectivity index (χ2n) is 5.53. The minimum absolute atomic E-state index is 0.0168. The third-order valence-electron chi connectivity index (χ3n) is 2.36. The van der Waals surface area contributed by atoms with Gasteiger partial charge < -0.3 is 16.2 Å². The molecule has 0 saturated carbocycles. The summed E-state index contributed by atoms with van der Waals surface area (Å²) in [5, 5.41) is 12.4. The third-order valence-corrected chi connectivity index (χ3v) is 2.36. The summed E-state index contributed by atoms with van der Waals surface area (Å²) in [5.41, 5.74) is 5.75. The summed E-state index contributed by atoms with van der Waals surface area (Å²) in [7, 11) is 0. The molecule has 0 spiro atoms. The summed E-state index contributed by atoms with van der Waals surface area (Å²) in [6, 6.07) is -0.458. The summed E-state index contributed by atoms with van der Waals surface area (Å²) in [6.07, 6.45) is 1.55. The van der Waals surface area contributed by atoms with Gasteiger partial charge in [0, 0.05) is 12.6 Å². The fourth-order valence-corrected chi connectivity index (χ4v) is 1.25. The van der Waals surface area contributed by atoms with E-state index in [-0.39, 0.29) is 11.3 Å². The van der Waals surface area contributed by atoms with Crippen LogP contribution in [-0.4, -0.2) is 29.7 Å². The largest absolute Gasteiger partial charge is 0.382 e. The number of aliphatic hydroxyl groups excluding tert-OH is 1. The van der Waals surface area contributed by atoms with Gasteiger partial charge in [0.2, 0.25) is 5.91 Å². The average Bonchev–Trinajstić information content (AvgIpc) is 2.20. The van der Waals surface area contributed by atoms with E-state index in [4.69, 9.17) is 5.73 Å². The summed E-state index contributed by atoms with van der Waals surface area (Å²) < 4.78 is 0.